The molecule has 0 atom stereocenters. The van der Waals surface area contributed by atoms with Gasteiger partial charge in [0.05, 0.1) is 26.1 Å². The molecule has 0 saturated carbocycles. The Morgan fingerprint density at radius 2 is 1.34 bits per heavy atom. The van der Waals surface area contributed by atoms with Gasteiger partial charge in [0.25, 0.3) is 5.91 Å². The van der Waals surface area contributed by atoms with Gasteiger partial charge in [0.1, 0.15) is 5.70 Å². The lowest BCUT2D eigenvalue weighted by molar-refractivity contribution is -0.145. The highest BCUT2D eigenvalue weighted by Crippen LogP contribution is 2.24. The molecule has 1 saturated heterocycles. The second kappa shape index (κ2) is 12.0. The van der Waals surface area contributed by atoms with Crippen molar-refractivity contribution in [3.63, 3.8) is 0 Å². The SMILES string of the molecule is CC(C)COC(=O)CCN1C(=O)C(=Cc2ccccc2)N(CCC(=O)OCC(C)C)C1=O. The van der Waals surface area contributed by atoms with Gasteiger partial charge in [0, 0.05) is 13.1 Å². The van der Waals surface area contributed by atoms with Gasteiger partial charge in [0.2, 0.25) is 0 Å². The summed E-state index contributed by atoms with van der Waals surface area (Å²) >= 11 is 0. The van der Waals surface area contributed by atoms with E-state index in [0.29, 0.717) is 6.61 Å². The minimum Gasteiger partial charge on any atom is -0.465 e. The highest BCUT2D eigenvalue weighted by atomic mass is 16.5. The number of benzene rings is 1. The second-order valence-electron chi connectivity index (χ2n) is 8.48. The molecular formula is C24H32N2O6. The standard InChI is InChI=1S/C24H32N2O6/c1-17(2)15-31-21(27)10-12-25-20(14-19-8-6-5-7-9-19)23(29)26(24(25)30)13-11-22(28)32-16-18(3)4/h5-9,14,17-18H,10-13,15-16H2,1-4H3. The second-order valence-corrected chi connectivity index (χ2v) is 8.48. The maximum atomic E-state index is 13.0. The molecule has 8 heteroatoms. The quantitative estimate of drug-likeness (QED) is 0.295. The van der Waals surface area contributed by atoms with E-state index >= 15 is 0 Å². The zero-order chi connectivity index (χ0) is 23.7. The zero-order valence-electron chi connectivity index (χ0n) is 19.2. The summed E-state index contributed by atoms with van der Waals surface area (Å²) in [6, 6.07) is 8.55. The molecule has 1 aliphatic heterocycles. The molecule has 0 unspecified atom stereocenters. The predicted octanol–water partition coefficient (Wildman–Crippen LogP) is 3.47. The van der Waals surface area contributed by atoms with Crippen LogP contribution in [0.2, 0.25) is 0 Å². The minimum absolute atomic E-state index is 0.00840. The monoisotopic (exact) mass is 444 g/mol. The normalized spacial score (nSPS) is 15.2. The smallest absolute Gasteiger partial charge is 0.331 e. The van der Waals surface area contributed by atoms with Gasteiger partial charge in [-0.1, -0.05) is 58.0 Å². The lowest BCUT2D eigenvalue weighted by Crippen LogP contribution is -2.35. The Bertz CT molecular complexity index is 847. The number of urea groups is 1. The highest BCUT2D eigenvalue weighted by Gasteiger charge is 2.41. The lowest BCUT2D eigenvalue weighted by Gasteiger charge is -2.17. The van der Waals surface area contributed by atoms with E-state index in [1.165, 1.54) is 4.90 Å². The first-order valence-corrected chi connectivity index (χ1v) is 10.9. The van der Waals surface area contributed by atoms with Crippen LogP contribution in [0.1, 0.15) is 46.1 Å². The Balaban J connectivity index is 2.12. The van der Waals surface area contributed by atoms with E-state index in [4.69, 9.17) is 9.47 Å². The van der Waals surface area contributed by atoms with Crippen LogP contribution in [0.5, 0.6) is 0 Å². The van der Waals surface area contributed by atoms with Crippen molar-refractivity contribution in [3.05, 3.63) is 41.6 Å². The van der Waals surface area contributed by atoms with Crippen molar-refractivity contribution >= 4 is 30.0 Å². The molecule has 174 valence electrons. The number of imide groups is 1. The van der Waals surface area contributed by atoms with Gasteiger partial charge in [-0.3, -0.25) is 24.2 Å². The molecule has 0 bridgehead atoms. The Kier molecular flexibility index (Phi) is 9.43. The van der Waals surface area contributed by atoms with E-state index in [2.05, 4.69) is 0 Å². The number of carbonyl (C=O) groups is 4. The molecule has 1 heterocycles. The fraction of sp³-hybridized carbons (Fsp3) is 0.500. The summed E-state index contributed by atoms with van der Waals surface area (Å²) in [5.74, 6) is -1.02. The van der Waals surface area contributed by atoms with Crippen LogP contribution in [0.3, 0.4) is 0 Å². The molecular weight excluding hydrogens is 412 g/mol. The van der Waals surface area contributed by atoms with Crippen LogP contribution in [-0.4, -0.2) is 60.0 Å². The fourth-order valence-corrected chi connectivity index (χ4v) is 2.92. The van der Waals surface area contributed by atoms with E-state index in [9.17, 15) is 19.2 Å². The summed E-state index contributed by atoms with van der Waals surface area (Å²) in [5.41, 5.74) is 0.905. The number of amides is 3. The average Bonchev–Trinajstić information content (AvgIpc) is 2.97. The molecule has 32 heavy (non-hydrogen) atoms. The van der Waals surface area contributed by atoms with E-state index in [0.717, 1.165) is 10.5 Å². The van der Waals surface area contributed by atoms with E-state index in [1.54, 1.807) is 6.08 Å². The van der Waals surface area contributed by atoms with Crippen LogP contribution >= 0.6 is 0 Å². The van der Waals surface area contributed by atoms with Gasteiger partial charge >= 0.3 is 18.0 Å². The van der Waals surface area contributed by atoms with Crippen LogP contribution in [0.15, 0.2) is 36.0 Å². The number of esters is 2. The zero-order valence-corrected chi connectivity index (χ0v) is 19.2. The molecule has 1 fully saturated rings. The minimum atomic E-state index is -0.564. The summed E-state index contributed by atoms with van der Waals surface area (Å²) in [6.07, 6.45) is 1.48. The summed E-state index contributed by atoms with van der Waals surface area (Å²) < 4.78 is 10.3. The average molecular weight is 445 g/mol. The number of ether oxygens (including phenoxy) is 2. The van der Waals surface area contributed by atoms with Crippen molar-refractivity contribution in [2.75, 3.05) is 26.3 Å². The van der Waals surface area contributed by atoms with Crippen molar-refractivity contribution in [2.24, 2.45) is 11.8 Å². The Morgan fingerprint density at radius 1 is 0.844 bits per heavy atom. The van der Waals surface area contributed by atoms with Crippen molar-refractivity contribution in [2.45, 2.75) is 40.5 Å². The Morgan fingerprint density at radius 3 is 1.84 bits per heavy atom. The number of hydrogen-bond donors (Lipinski definition) is 0. The van der Waals surface area contributed by atoms with Gasteiger partial charge in [-0.15, -0.1) is 0 Å². The first-order valence-electron chi connectivity index (χ1n) is 10.9. The van der Waals surface area contributed by atoms with Gasteiger partial charge in [0.15, 0.2) is 0 Å². The van der Waals surface area contributed by atoms with Gasteiger partial charge in [-0.2, -0.15) is 0 Å². The van der Waals surface area contributed by atoms with Crippen LogP contribution in [0.4, 0.5) is 4.79 Å². The van der Waals surface area contributed by atoms with Crippen LogP contribution in [0.25, 0.3) is 6.08 Å². The number of hydrogen-bond acceptors (Lipinski definition) is 6. The summed E-state index contributed by atoms with van der Waals surface area (Å²) in [7, 11) is 0. The van der Waals surface area contributed by atoms with Crippen LogP contribution in [0, 0.1) is 11.8 Å². The van der Waals surface area contributed by atoms with Crippen molar-refractivity contribution in [1.29, 1.82) is 0 Å². The number of nitrogens with zero attached hydrogens (tertiary/aromatic N) is 2. The topological polar surface area (TPSA) is 93.2 Å². The summed E-state index contributed by atoms with van der Waals surface area (Å²) in [4.78, 5) is 52.2. The van der Waals surface area contributed by atoms with Gasteiger partial charge < -0.3 is 9.47 Å². The molecule has 0 N–H and O–H groups in total. The van der Waals surface area contributed by atoms with E-state index in [-0.39, 0.29) is 50.1 Å². The number of carbonyl (C=O) groups excluding carboxylic acids is 4. The van der Waals surface area contributed by atoms with E-state index in [1.807, 2.05) is 58.0 Å². The molecule has 0 spiro atoms. The largest absolute Gasteiger partial charge is 0.465 e. The van der Waals surface area contributed by atoms with Crippen LogP contribution < -0.4 is 0 Å². The van der Waals surface area contributed by atoms with Gasteiger partial charge in [-0.25, -0.2) is 4.79 Å². The summed E-state index contributed by atoms with van der Waals surface area (Å²) in [5, 5.41) is 0. The van der Waals surface area contributed by atoms with Gasteiger partial charge in [-0.05, 0) is 23.5 Å². The molecule has 0 aromatic heterocycles. The Labute approximate surface area is 189 Å². The van der Waals surface area contributed by atoms with Crippen LogP contribution in [-0.2, 0) is 23.9 Å². The fourth-order valence-electron chi connectivity index (χ4n) is 2.92. The molecule has 1 aromatic rings. The third-order valence-electron chi connectivity index (χ3n) is 4.55. The maximum Gasteiger partial charge on any atom is 0.331 e. The maximum absolute atomic E-state index is 13.0. The first-order chi connectivity index (χ1) is 15.2. The van der Waals surface area contributed by atoms with E-state index < -0.39 is 23.9 Å². The third kappa shape index (κ3) is 7.51. The highest BCUT2D eigenvalue weighted by molar-refractivity contribution is 6.14. The predicted molar refractivity (Wildman–Crippen MR) is 119 cm³/mol. The third-order valence-corrected chi connectivity index (χ3v) is 4.55. The lowest BCUT2D eigenvalue weighted by atomic mass is 10.2. The molecule has 1 aromatic carbocycles. The first kappa shape index (κ1) is 25.1. The Hall–Kier alpha value is -3.16. The van der Waals surface area contributed by atoms with Crippen molar-refractivity contribution in [3.8, 4) is 0 Å². The molecule has 2 rings (SSSR count). The van der Waals surface area contributed by atoms with Crippen molar-refractivity contribution < 1.29 is 28.7 Å². The molecule has 1 aliphatic rings. The molecule has 8 nitrogen and oxygen atoms in total. The molecule has 0 aliphatic carbocycles. The molecule has 0 radical (unpaired) electrons. The summed E-state index contributed by atoms with van der Waals surface area (Å²) in [6.45, 7) is 8.20. The molecule has 3 amide bonds. The number of rotatable bonds is 11. The van der Waals surface area contributed by atoms with Crippen molar-refractivity contribution in [1.82, 2.24) is 9.80 Å².